The number of rotatable bonds is 4. The van der Waals surface area contributed by atoms with Gasteiger partial charge in [-0.05, 0) is 13.3 Å². The molecule has 0 aliphatic heterocycles. The number of nitrogens with one attached hydrogen (secondary N) is 2. The monoisotopic (exact) mass is 173 g/mol. The molecular weight excluding hydrogens is 158 g/mol. The molecule has 0 saturated carbocycles. The first kappa shape index (κ1) is 10.7. The molecule has 0 heterocycles. The van der Waals surface area contributed by atoms with Crippen molar-refractivity contribution in [3.05, 3.63) is 0 Å². The third kappa shape index (κ3) is 4.54. The van der Waals surface area contributed by atoms with Gasteiger partial charge in [-0.15, -0.1) is 0 Å². The van der Waals surface area contributed by atoms with Gasteiger partial charge < -0.3 is 16.4 Å². The molecule has 0 fully saturated rings. The third-order valence-electron chi connectivity index (χ3n) is 1.31. The molecule has 70 valence electrons. The van der Waals surface area contributed by atoms with E-state index in [0.29, 0.717) is 6.54 Å². The third-order valence-corrected chi connectivity index (χ3v) is 1.31. The fourth-order valence-electron chi connectivity index (χ4n) is 0.557. The van der Waals surface area contributed by atoms with Crippen LogP contribution in [0.4, 0.5) is 4.79 Å². The van der Waals surface area contributed by atoms with Crippen molar-refractivity contribution in [3.63, 3.8) is 0 Å². The summed E-state index contributed by atoms with van der Waals surface area (Å²) in [7, 11) is 0. The van der Waals surface area contributed by atoms with Gasteiger partial charge in [0.25, 0.3) is 0 Å². The van der Waals surface area contributed by atoms with E-state index < -0.39 is 11.9 Å². The Balaban J connectivity index is 3.61. The number of urea groups is 1. The van der Waals surface area contributed by atoms with Gasteiger partial charge in [0.2, 0.25) is 5.91 Å². The molecule has 0 aromatic heterocycles. The van der Waals surface area contributed by atoms with E-state index in [1.54, 1.807) is 0 Å². The predicted molar refractivity (Wildman–Crippen MR) is 45.5 cm³/mol. The molecule has 1 unspecified atom stereocenters. The topological polar surface area (TPSA) is 84.2 Å². The summed E-state index contributed by atoms with van der Waals surface area (Å²) >= 11 is 0. The smallest absolute Gasteiger partial charge is 0.315 e. The fourth-order valence-corrected chi connectivity index (χ4v) is 0.557. The van der Waals surface area contributed by atoms with E-state index >= 15 is 0 Å². The van der Waals surface area contributed by atoms with Crippen LogP contribution < -0.4 is 16.4 Å². The highest BCUT2D eigenvalue weighted by atomic mass is 16.2. The lowest BCUT2D eigenvalue weighted by atomic mass is 10.3. The number of nitrogens with two attached hydrogens (primary N) is 1. The maximum Gasteiger partial charge on any atom is 0.315 e. The maximum absolute atomic E-state index is 10.9. The van der Waals surface area contributed by atoms with Gasteiger partial charge in [-0.25, -0.2) is 4.79 Å². The minimum atomic E-state index is -0.623. The molecule has 0 spiro atoms. The summed E-state index contributed by atoms with van der Waals surface area (Å²) in [4.78, 5) is 21.4. The Morgan fingerprint density at radius 2 is 2.08 bits per heavy atom. The molecule has 0 aromatic carbocycles. The van der Waals surface area contributed by atoms with Crippen LogP contribution in [0, 0.1) is 0 Å². The van der Waals surface area contributed by atoms with Gasteiger partial charge in [0.1, 0.15) is 6.04 Å². The van der Waals surface area contributed by atoms with Crippen molar-refractivity contribution in [2.75, 3.05) is 6.54 Å². The van der Waals surface area contributed by atoms with Crippen molar-refractivity contribution >= 4 is 11.9 Å². The molecule has 0 rings (SSSR count). The second kappa shape index (κ2) is 5.40. The van der Waals surface area contributed by atoms with Crippen LogP contribution in [0.3, 0.4) is 0 Å². The molecule has 0 aromatic rings. The van der Waals surface area contributed by atoms with Crippen molar-refractivity contribution in [2.24, 2.45) is 5.73 Å². The number of carbonyl (C=O) groups excluding carboxylic acids is 2. The number of amides is 3. The second-order valence-corrected chi connectivity index (χ2v) is 2.52. The first-order valence-corrected chi connectivity index (χ1v) is 3.91. The lowest BCUT2D eigenvalue weighted by Crippen LogP contribution is -2.46. The minimum absolute atomic E-state index is 0.358. The largest absolute Gasteiger partial charge is 0.368 e. The Kier molecular flexibility index (Phi) is 4.83. The summed E-state index contributed by atoms with van der Waals surface area (Å²) in [6.45, 7) is 4.07. The SMILES string of the molecule is CCCNC(=O)NC(C)C(N)=O. The first-order chi connectivity index (χ1) is 5.57. The van der Waals surface area contributed by atoms with Gasteiger partial charge >= 0.3 is 6.03 Å². The van der Waals surface area contributed by atoms with Gasteiger partial charge in [0.05, 0.1) is 0 Å². The Labute approximate surface area is 71.7 Å². The van der Waals surface area contributed by atoms with E-state index in [1.165, 1.54) is 6.92 Å². The molecule has 0 aliphatic carbocycles. The Morgan fingerprint density at radius 1 is 1.50 bits per heavy atom. The van der Waals surface area contributed by atoms with Gasteiger partial charge in [-0.1, -0.05) is 6.92 Å². The molecule has 0 radical (unpaired) electrons. The van der Waals surface area contributed by atoms with Gasteiger partial charge in [0.15, 0.2) is 0 Å². The van der Waals surface area contributed by atoms with Gasteiger partial charge in [0, 0.05) is 6.54 Å². The van der Waals surface area contributed by atoms with Crippen molar-refractivity contribution in [1.82, 2.24) is 10.6 Å². The minimum Gasteiger partial charge on any atom is -0.368 e. The van der Waals surface area contributed by atoms with Crippen molar-refractivity contribution in [1.29, 1.82) is 0 Å². The highest BCUT2D eigenvalue weighted by Gasteiger charge is 2.10. The van der Waals surface area contributed by atoms with Crippen LogP contribution in [-0.4, -0.2) is 24.5 Å². The van der Waals surface area contributed by atoms with Gasteiger partial charge in [-0.3, -0.25) is 4.79 Å². The molecule has 1 atom stereocenters. The van der Waals surface area contributed by atoms with E-state index in [1.807, 2.05) is 6.92 Å². The van der Waals surface area contributed by atoms with Crippen molar-refractivity contribution in [2.45, 2.75) is 26.3 Å². The summed E-state index contributed by atoms with van der Waals surface area (Å²) in [6.07, 6.45) is 0.859. The average molecular weight is 173 g/mol. The number of hydrogen-bond donors (Lipinski definition) is 3. The van der Waals surface area contributed by atoms with Crippen molar-refractivity contribution in [3.8, 4) is 0 Å². The molecule has 0 bridgehead atoms. The second-order valence-electron chi connectivity index (χ2n) is 2.52. The van der Waals surface area contributed by atoms with Crippen LogP contribution in [0.2, 0.25) is 0 Å². The van der Waals surface area contributed by atoms with Crippen LogP contribution >= 0.6 is 0 Å². The molecule has 5 heteroatoms. The summed E-state index contributed by atoms with van der Waals surface area (Å²) in [5, 5.41) is 4.95. The number of carbonyl (C=O) groups is 2. The maximum atomic E-state index is 10.9. The van der Waals surface area contributed by atoms with E-state index in [-0.39, 0.29) is 6.03 Å². The van der Waals surface area contributed by atoms with E-state index in [2.05, 4.69) is 10.6 Å². The lowest BCUT2D eigenvalue weighted by molar-refractivity contribution is -0.119. The zero-order valence-corrected chi connectivity index (χ0v) is 7.39. The predicted octanol–water partition coefficient (Wildman–Crippen LogP) is -0.431. The van der Waals surface area contributed by atoms with Crippen LogP contribution in [0.25, 0.3) is 0 Å². The summed E-state index contributed by atoms with van der Waals surface area (Å²) in [5.74, 6) is -0.540. The molecule has 0 aliphatic rings. The molecule has 5 nitrogen and oxygen atoms in total. The van der Waals surface area contributed by atoms with Crippen LogP contribution in [0.15, 0.2) is 0 Å². The Hall–Kier alpha value is -1.26. The average Bonchev–Trinajstić information content (AvgIpc) is 2.00. The highest BCUT2D eigenvalue weighted by Crippen LogP contribution is 1.78. The Bertz CT molecular complexity index is 170. The van der Waals surface area contributed by atoms with Crippen LogP contribution in [0.5, 0.6) is 0 Å². The van der Waals surface area contributed by atoms with E-state index in [4.69, 9.17) is 5.73 Å². The number of hydrogen-bond acceptors (Lipinski definition) is 2. The summed E-state index contributed by atoms with van der Waals surface area (Å²) in [5.41, 5.74) is 4.93. The highest BCUT2D eigenvalue weighted by molar-refractivity contribution is 5.85. The first-order valence-electron chi connectivity index (χ1n) is 3.91. The molecule has 0 saturated heterocycles. The van der Waals surface area contributed by atoms with Crippen LogP contribution in [0.1, 0.15) is 20.3 Å². The zero-order valence-electron chi connectivity index (χ0n) is 7.39. The standard InChI is InChI=1S/C7H15N3O2/c1-3-4-9-7(12)10-5(2)6(8)11/h5H,3-4H2,1-2H3,(H2,8,11)(H2,9,10,12). The van der Waals surface area contributed by atoms with Crippen molar-refractivity contribution < 1.29 is 9.59 Å². The van der Waals surface area contributed by atoms with E-state index in [9.17, 15) is 9.59 Å². The molecule has 12 heavy (non-hydrogen) atoms. The van der Waals surface area contributed by atoms with Crippen LogP contribution in [-0.2, 0) is 4.79 Å². The van der Waals surface area contributed by atoms with E-state index in [0.717, 1.165) is 6.42 Å². The number of primary amides is 1. The molecule has 4 N–H and O–H groups in total. The quantitative estimate of drug-likeness (QED) is 0.539. The fraction of sp³-hybridized carbons (Fsp3) is 0.714. The zero-order chi connectivity index (χ0) is 9.56. The summed E-state index contributed by atoms with van der Waals surface area (Å²) < 4.78 is 0. The lowest BCUT2D eigenvalue weighted by Gasteiger charge is -2.10. The normalized spacial score (nSPS) is 11.8. The van der Waals surface area contributed by atoms with Gasteiger partial charge in [-0.2, -0.15) is 0 Å². The Morgan fingerprint density at radius 3 is 2.50 bits per heavy atom. The molecule has 3 amide bonds. The summed E-state index contributed by atoms with van der Waals surface area (Å²) in [6, 6.07) is -0.981. The molecular formula is C7H15N3O2.